The van der Waals surface area contributed by atoms with Gasteiger partial charge in [-0.2, -0.15) is 0 Å². The first-order valence-corrected chi connectivity index (χ1v) is 7.45. The van der Waals surface area contributed by atoms with Crippen LogP contribution >= 0.6 is 0 Å². The first-order chi connectivity index (χ1) is 11.5. The number of hydrogen-bond acceptors (Lipinski definition) is 6. The number of hydrogen-bond donors (Lipinski definition) is 3. The maximum absolute atomic E-state index is 12.3. The van der Waals surface area contributed by atoms with Gasteiger partial charge in [-0.05, 0) is 24.6 Å². The minimum absolute atomic E-state index is 0.0607. The van der Waals surface area contributed by atoms with Crippen LogP contribution in [0.15, 0.2) is 45.6 Å². The van der Waals surface area contributed by atoms with E-state index in [1.807, 2.05) is 6.92 Å². The van der Waals surface area contributed by atoms with Crippen LogP contribution in [-0.2, 0) is 0 Å². The Labute approximate surface area is 137 Å². The van der Waals surface area contributed by atoms with Gasteiger partial charge >= 0.3 is 0 Å². The van der Waals surface area contributed by atoms with Crippen LogP contribution in [0, 0.1) is 0 Å². The minimum atomic E-state index is -0.418. The highest BCUT2D eigenvalue weighted by Crippen LogP contribution is 2.34. The second-order valence-electron chi connectivity index (χ2n) is 5.34. The predicted octanol–water partition coefficient (Wildman–Crippen LogP) is 3.37. The maximum atomic E-state index is 12.3. The Kier molecular flexibility index (Phi) is 4.04. The Bertz CT molecular complexity index is 958. The molecule has 1 heterocycles. The van der Waals surface area contributed by atoms with Gasteiger partial charge in [0.15, 0.2) is 16.9 Å². The monoisotopic (exact) mass is 328 g/mol. The molecule has 3 rings (SSSR count). The SMILES string of the molecule is CCCOc1cc(O)c2c(=O)cc(-c3ccc(O)c(O)c3)oc2c1. The molecule has 0 spiro atoms. The van der Waals surface area contributed by atoms with E-state index >= 15 is 0 Å². The number of phenols is 3. The summed E-state index contributed by atoms with van der Waals surface area (Å²) in [4.78, 5) is 12.3. The van der Waals surface area contributed by atoms with Crippen molar-refractivity contribution < 1.29 is 24.5 Å². The molecule has 0 aliphatic heterocycles. The second kappa shape index (κ2) is 6.16. The van der Waals surface area contributed by atoms with Gasteiger partial charge < -0.3 is 24.5 Å². The van der Waals surface area contributed by atoms with Gasteiger partial charge in [0.2, 0.25) is 0 Å². The molecular weight excluding hydrogens is 312 g/mol. The van der Waals surface area contributed by atoms with E-state index in [9.17, 15) is 20.1 Å². The average Bonchev–Trinajstić information content (AvgIpc) is 2.54. The highest BCUT2D eigenvalue weighted by atomic mass is 16.5. The Morgan fingerprint density at radius 2 is 1.79 bits per heavy atom. The second-order valence-corrected chi connectivity index (χ2v) is 5.34. The lowest BCUT2D eigenvalue weighted by atomic mass is 10.1. The van der Waals surface area contributed by atoms with E-state index in [0.29, 0.717) is 17.9 Å². The first kappa shape index (κ1) is 15.7. The number of benzene rings is 2. The summed E-state index contributed by atoms with van der Waals surface area (Å²) >= 11 is 0. The third-order valence-corrected chi connectivity index (χ3v) is 3.52. The summed E-state index contributed by atoms with van der Waals surface area (Å²) in [5, 5.41) is 29.1. The van der Waals surface area contributed by atoms with Crippen molar-refractivity contribution in [2.75, 3.05) is 6.61 Å². The molecule has 0 radical (unpaired) electrons. The Morgan fingerprint density at radius 1 is 1.00 bits per heavy atom. The molecule has 0 aliphatic carbocycles. The molecule has 3 aromatic rings. The average molecular weight is 328 g/mol. The summed E-state index contributed by atoms with van der Waals surface area (Å²) in [6.45, 7) is 2.43. The van der Waals surface area contributed by atoms with E-state index < -0.39 is 5.43 Å². The van der Waals surface area contributed by atoms with Gasteiger partial charge in [0.1, 0.15) is 28.2 Å². The van der Waals surface area contributed by atoms with E-state index in [4.69, 9.17) is 9.15 Å². The van der Waals surface area contributed by atoms with Gasteiger partial charge in [0.25, 0.3) is 0 Å². The van der Waals surface area contributed by atoms with Crippen LogP contribution in [-0.4, -0.2) is 21.9 Å². The lowest BCUT2D eigenvalue weighted by Crippen LogP contribution is -2.02. The zero-order valence-corrected chi connectivity index (χ0v) is 12.9. The van der Waals surface area contributed by atoms with Crippen LogP contribution in [0.4, 0.5) is 0 Å². The highest BCUT2D eigenvalue weighted by molar-refractivity contribution is 5.86. The van der Waals surface area contributed by atoms with Crippen LogP contribution in [0.3, 0.4) is 0 Å². The maximum Gasteiger partial charge on any atom is 0.197 e. The van der Waals surface area contributed by atoms with E-state index in [1.165, 1.54) is 36.4 Å². The lowest BCUT2D eigenvalue weighted by molar-refractivity contribution is 0.315. The third kappa shape index (κ3) is 2.86. The number of fused-ring (bicyclic) bond motifs is 1. The van der Waals surface area contributed by atoms with Gasteiger partial charge in [0.05, 0.1) is 6.61 Å². The van der Waals surface area contributed by atoms with Crippen molar-refractivity contribution in [2.24, 2.45) is 0 Å². The molecule has 6 heteroatoms. The van der Waals surface area contributed by atoms with Crippen molar-refractivity contribution in [1.82, 2.24) is 0 Å². The predicted molar refractivity (Wildman–Crippen MR) is 88.7 cm³/mol. The standard InChI is InChI=1S/C18H16O6/c1-2-5-23-11-7-14(21)18-15(22)9-16(24-17(18)8-11)10-3-4-12(19)13(20)6-10/h3-4,6-9,19-21H,2,5H2,1H3. The number of phenolic OH excluding ortho intramolecular Hbond substituents is 3. The largest absolute Gasteiger partial charge is 0.507 e. The summed E-state index contributed by atoms with van der Waals surface area (Å²) < 4.78 is 11.2. The van der Waals surface area contributed by atoms with Crippen molar-refractivity contribution in [3.63, 3.8) is 0 Å². The molecule has 0 unspecified atom stereocenters. The Hall–Kier alpha value is -3.15. The van der Waals surface area contributed by atoms with E-state index in [2.05, 4.69) is 0 Å². The molecule has 0 aliphatic rings. The van der Waals surface area contributed by atoms with E-state index in [0.717, 1.165) is 6.42 Å². The molecule has 0 saturated carbocycles. The van der Waals surface area contributed by atoms with Crippen LogP contribution in [0.1, 0.15) is 13.3 Å². The zero-order valence-electron chi connectivity index (χ0n) is 12.9. The fourth-order valence-electron chi connectivity index (χ4n) is 2.37. The van der Waals surface area contributed by atoms with Gasteiger partial charge in [-0.15, -0.1) is 0 Å². The summed E-state index contributed by atoms with van der Waals surface area (Å²) in [5.41, 5.74) is 0.179. The molecular formula is C18H16O6. The quantitative estimate of drug-likeness (QED) is 0.635. The summed E-state index contributed by atoms with van der Waals surface area (Å²) in [7, 11) is 0. The molecule has 124 valence electrons. The molecule has 2 aromatic carbocycles. The highest BCUT2D eigenvalue weighted by Gasteiger charge is 2.13. The Morgan fingerprint density at radius 3 is 2.50 bits per heavy atom. The molecule has 0 fully saturated rings. The fraction of sp³-hybridized carbons (Fsp3) is 0.167. The normalized spacial score (nSPS) is 10.9. The van der Waals surface area contributed by atoms with Crippen molar-refractivity contribution in [3.8, 4) is 34.3 Å². The van der Waals surface area contributed by atoms with E-state index in [-0.39, 0.29) is 34.0 Å². The van der Waals surface area contributed by atoms with Crippen molar-refractivity contribution in [1.29, 1.82) is 0 Å². The van der Waals surface area contributed by atoms with Crippen LogP contribution in [0.25, 0.3) is 22.3 Å². The van der Waals surface area contributed by atoms with Crippen molar-refractivity contribution >= 4 is 11.0 Å². The third-order valence-electron chi connectivity index (χ3n) is 3.52. The minimum Gasteiger partial charge on any atom is -0.507 e. The number of ether oxygens (including phenoxy) is 1. The molecule has 24 heavy (non-hydrogen) atoms. The van der Waals surface area contributed by atoms with Crippen LogP contribution in [0.2, 0.25) is 0 Å². The molecule has 1 aromatic heterocycles. The summed E-state index contributed by atoms with van der Waals surface area (Å²) in [5.74, 6) is -0.203. The van der Waals surface area contributed by atoms with Crippen LogP contribution < -0.4 is 10.2 Å². The molecule has 0 amide bonds. The molecule has 0 saturated heterocycles. The van der Waals surface area contributed by atoms with Crippen molar-refractivity contribution in [3.05, 3.63) is 46.6 Å². The molecule has 0 atom stereocenters. The van der Waals surface area contributed by atoms with Gasteiger partial charge in [0, 0.05) is 23.8 Å². The van der Waals surface area contributed by atoms with E-state index in [1.54, 1.807) is 0 Å². The first-order valence-electron chi connectivity index (χ1n) is 7.45. The molecule has 0 bridgehead atoms. The van der Waals surface area contributed by atoms with Crippen molar-refractivity contribution in [2.45, 2.75) is 13.3 Å². The molecule has 3 N–H and O–H groups in total. The topological polar surface area (TPSA) is 100 Å². The number of aromatic hydroxyl groups is 3. The van der Waals surface area contributed by atoms with Gasteiger partial charge in [-0.1, -0.05) is 6.92 Å². The fourth-order valence-corrected chi connectivity index (χ4v) is 2.37. The number of rotatable bonds is 4. The van der Waals surface area contributed by atoms with Gasteiger partial charge in [-0.25, -0.2) is 0 Å². The smallest absolute Gasteiger partial charge is 0.197 e. The molecule has 6 nitrogen and oxygen atoms in total. The Balaban J connectivity index is 2.17. The van der Waals surface area contributed by atoms with Gasteiger partial charge in [-0.3, -0.25) is 4.79 Å². The van der Waals surface area contributed by atoms with Crippen LogP contribution in [0.5, 0.6) is 23.0 Å². The summed E-state index contributed by atoms with van der Waals surface area (Å²) in [6, 6.07) is 8.23. The zero-order chi connectivity index (χ0) is 17.3. The lowest BCUT2D eigenvalue weighted by Gasteiger charge is -2.09. The summed E-state index contributed by atoms with van der Waals surface area (Å²) in [6.07, 6.45) is 0.801.